The van der Waals surface area contributed by atoms with Gasteiger partial charge >= 0.3 is 0 Å². The second kappa shape index (κ2) is 8.93. The first kappa shape index (κ1) is 19.9. The quantitative estimate of drug-likeness (QED) is 0.738. The predicted octanol–water partition coefficient (Wildman–Crippen LogP) is 1.52. The molecule has 0 N–H and O–H groups in total. The van der Waals surface area contributed by atoms with Crippen molar-refractivity contribution in [2.45, 2.75) is 44.2 Å². The van der Waals surface area contributed by atoms with E-state index in [0.29, 0.717) is 19.6 Å². The summed E-state index contributed by atoms with van der Waals surface area (Å²) >= 11 is 0. The summed E-state index contributed by atoms with van der Waals surface area (Å²) in [4.78, 5) is 20.1. The van der Waals surface area contributed by atoms with E-state index in [9.17, 15) is 4.79 Å². The van der Waals surface area contributed by atoms with Crippen LogP contribution in [0.5, 0.6) is 0 Å². The van der Waals surface area contributed by atoms with Crippen molar-refractivity contribution in [1.29, 1.82) is 0 Å². The average molecular weight is 390 g/mol. The zero-order valence-corrected chi connectivity index (χ0v) is 17.4. The normalized spacial score (nSPS) is 27.7. The molecular formula is C21H35N5O2. The number of aryl methyl sites for hydroxylation is 1. The number of rotatable bonds is 6. The summed E-state index contributed by atoms with van der Waals surface area (Å²) in [6.07, 6.45) is 9.45. The van der Waals surface area contributed by atoms with Crippen LogP contribution < -0.4 is 0 Å². The molecule has 2 saturated heterocycles. The highest BCUT2D eigenvalue weighted by atomic mass is 16.5. The second-order valence-electron chi connectivity index (χ2n) is 8.83. The van der Waals surface area contributed by atoms with Crippen molar-refractivity contribution in [2.24, 2.45) is 13.0 Å². The van der Waals surface area contributed by atoms with Gasteiger partial charge in [0.1, 0.15) is 0 Å². The van der Waals surface area contributed by atoms with Gasteiger partial charge < -0.3 is 14.5 Å². The molecule has 1 saturated carbocycles. The van der Waals surface area contributed by atoms with Crippen molar-refractivity contribution in [2.75, 3.05) is 52.9 Å². The minimum absolute atomic E-state index is 0.00577. The van der Waals surface area contributed by atoms with Crippen molar-refractivity contribution in [3.63, 3.8) is 0 Å². The summed E-state index contributed by atoms with van der Waals surface area (Å²) in [5.41, 5.74) is 1.10. The molecule has 7 nitrogen and oxygen atoms in total. The molecule has 1 aromatic heterocycles. The number of hydrogen-bond donors (Lipinski definition) is 0. The van der Waals surface area contributed by atoms with E-state index >= 15 is 0 Å². The first-order valence-corrected chi connectivity index (χ1v) is 10.9. The van der Waals surface area contributed by atoms with E-state index in [1.54, 1.807) is 0 Å². The number of likely N-dealkylation sites (N-methyl/N-ethyl adjacent to an activating group) is 1. The Kier molecular flexibility index (Phi) is 6.33. The molecule has 1 amide bonds. The zero-order chi connectivity index (χ0) is 19.5. The molecule has 7 heteroatoms. The molecule has 1 aliphatic carbocycles. The first-order valence-electron chi connectivity index (χ1n) is 10.9. The van der Waals surface area contributed by atoms with Gasteiger partial charge in [0.15, 0.2) is 0 Å². The van der Waals surface area contributed by atoms with Crippen molar-refractivity contribution in [1.82, 2.24) is 24.5 Å². The van der Waals surface area contributed by atoms with Gasteiger partial charge in [-0.2, -0.15) is 5.10 Å². The molecule has 156 valence electrons. The van der Waals surface area contributed by atoms with E-state index in [1.807, 2.05) is 24.1 Å². The Bertz CT molecular complexity index is 659. The second-order valence-corrected chi connectivity index (χ2v) is 8.83. The summed E-state index contributed by atoms with van der Waals surface area (Å²) in [6, 6.07) is -0.0323. The van der Waals surface area contributed by atoms with Crippen LogP contribution in [0, 0.1) is 5.92 Å². The van der Waals surface area contributed by atoms with E-state index in [1.165, 1.54) is 19.3 Å². The van der Waals surface area contributed by atoms with Crippen LogP contribution in [-0.2, 0) is 16.6 Å². The lowest BCUT2D eigenvalue weighted by atomic mass is 9.99. The Labute approximate surface area is 168 Å². The van der Waals surface area contributed by atoms with E-state index in [0.717, 1.165) is 50.6 Å². The van der Waals surface area contributed by atoms with Gasteiger partial charge in [0.25, 0.3) is 0 Å². The summed E-state index contributed by atoms with van der Waals surface area (Å²) in [5.74, 6) is 1.07. The fraction of sp³-hybridized carbons (Fsp3) is 0.810. The summed E-state index contributed by atoms with van der Waals surface area (Å²) in [7, 11) is 4.13. The molecule has 3 fully saturated rings. The van der Waals surface area contributed by atoms with Crippen LogP contribution in [0.3, 0.4) is 0 Å². The van der Waals surface area contributed by atoms with Gasteiger partial charge in [0, 0.05) is 51.4 Å². The van der Waals surface area contributed by atoms with Crippen LogP contribution in [0.4, 0.5) is 0 Å². The van der Waals surface area contributed by atoms with E-state index in [2.05, 4.69) is 26.8 Å². The third kappa shape index (κ3) is 4.93. The van der Waals surface area contributed by atoms with Crippen molar-refractivity contribution < 1.29 is 9.53 Å². The van der Waals surface area contributed by atoms with Crippen molar-refractivity contribution >= 4 is 5.91 Å². The summed E-state index contributed by atoms with van der Waals surface area (Å²) < 4.78 is 8.08. The van der Waals surface area contributed by atoms with Crippen LogP contribution >= 0.6 is 0 Å². The Morgan fingerprint density at radius 1 is 1.18 bits per heavy atom. The number of hydrogen-bond acceptors (Lipinski definition) is 5. The Balaban J connectivity index is 1.48. The fourth-order valence-electron chi connectivity index (χ4n) is 4.57. The monoisotopic (exact) mass is 389 g/mol. The topological polar surface area (TPSA) is 53.8 Å². The molecule has 0 radical (unpaired) electrons. The Morgan fingerprint density at radius 2 is 2.04 bits per heavy atom. The van der Waals surface area contributed by atoms with Gasteiger partial charge in [0.2, 0.25) is 5.91 Å². The standard InChI is InChI=1S/C21H35N5O2/c1-23-8-3-9-25(11-10-23)16-19-21(18-14-22-24(2)15-18)26(12-13-28-19)20(27)7-6-17-4-5-17/h14-15,17,19,21H,3-13,16H2,1-2H3/t19-,21-/m0/s1. The third-order valence-corrected chi connectivity index (χ3v) is 6.45. The van der Waals surface area contributed by atoms with E-state index < -0.39 is 0 Å². The largest absolute Gasteiger partial charge is 0.373 e. The molecule has 0 bridgehead atoms. The van der Waals surface area contributed by atoms with Gasteiger partial charge in [-0.15, -0.1) is 0 Å². The van der Waals surface area contributed by atoms with E-state index in [4.69, 9.17) is 4.74 Å². The smallest absolute Gasteiger partial charge is 0.223 e. The SMILES string of the molecule is CN1CCCN(C[C@@H]2OCCN(C(=O)CCC3CC3)[C@H]2c2cnn(C)c2)CC1. The number of aromatic nitrogens is 2. The van der Waals surface area contributed by atoms with Crippen LogP contribution in [0.1, 0.15) is 43.7 Å². The van der Waals surface area contributed by atoms with Gasteiger partial charge in [0.05, 0.1) is 24.9 Å². The number of morpholine rings is 1. The number of ether oxygens (including phenoxy) is 1. The maximum Gasteiger partial charge on any atom is 0.223 e. The Hall–Kier alpha value is -1.44. The number of nitrogens with zero attached hydrogens (tertiary/aromatic N) is 5. The highest BCUT2D eigenvalue weighted by Gasteiger charge is 2.38. The maximum absolute atomic E-state index is 13.1. The summed E-state index contributed by atoms with van der Waals surface area (Å²) in [6.45, 7) is 6.59. The molecule has 1 aromatic rings. The molecule has 3 aliphatic rings. The number of amides is 1. The molecule has 0 unspecified atom stereocenters. The van der Waals surface area contributed by atoms with Crippen LogP contribution in [0.2, 0.25) is 0 Å². The van der Waals surface area contributed by atoms with Crippen molar-refractivity contribution in [3.8, 4) is 0 Å². The highest BCUT2D eigenvalue weighted by molar-refractivity contribution is 5.77. The minimum Gasteiger partial charge on any atom is -0.373 e. The molecule has 4 rings (SSSR count). The average Bonchev–Trinajstić information content (AvgIpc) is 3.45. The molecule has 2 atom stereocenters. The molecular weight excluding hydrogens is 354 g/mol. The lowest BCUT2D eigenvalue weighted by Crippen LogP contribution is -2.52. The molecule has 28 heavy (non-hydrogen) atoms. The van der Waals surface area contributed by atoms with Gasteiger partial charge in [-0.05, 0) is 38.9 Å². The first-order chi connectivity index (χ1) is 13.6. The van der Waals surface area contributed by atoms with Crippen LogP contribution in [0.25, 0.3) is 0 Å². The lowest BCUT2D eigenvalue weighted by Gasteiger charge is -2.42. The lowest BCUT2D eigenvalue weighted by molar-refractivity contribution is -0.148. The molecule has 0 spiro atoms. The number of carbonyl (C=O) groups is 1. The molecule has 2 aliphatic heterocycles. The van der Waals surface area contributed by atoms with Gasteiger partial charge in [-0.25, -0.2) is 0 Å². The van der Waals surface area contributed by atoms with E-state index in [-0.39, 0.29) is 18.1 Å². The zero-order valence-electron chi connectivity index (χ0n) is 17.4. The fourth-order valence-corrected chi connectivity index (χ4v) is 4.57. The van der Waals surface area contributed by atoms with Crippen LogP contribution in [0.15, 0.2) is 12.4 Å². The molecule has 0 aromatic carbocycles. The third-order valence-electron chi connectivity index (χ3n) is 6.45. The predicted molar refractivity (Wildman–Crippen MR) is 108 cm³/mol. The molecule has 3 heterocycles. The van der Waals surface area contributed by atoms with Crippen molar-refractivity contribution in [3.05, 3.63) is 18.0 Å². The van der Waals surface area contributed by atoms with Gasteiger partial charge in [-0.1, -0.05) is 12.8 Å². The number of carbonyl (C=O) groups excluding carboxylic acids is 1. The maximum atomic E-state index is 13.1. The van der Waals surface area contributed by atoms with Crippen LogP contribution in [-0.4, -0.2) is 89.4 Å². The Morgan fingerprint density at radius 3 is 2.79 bits per heavy atom. The minimum atomic E-state index is -0.0323. The van der Waals surface area contributed by atoms with Gasteiger partial charge in [-0.3, -0.25) is 14.4 Å². The summed E-state index contributed by atoms with van der Waals surface area (Å²) in [5, 5.41) is 4.38. The highest BCUT2D eigenvalue weighted by Crippen LogP contribution is 2.35.